The van der Waals surface area contributed by atoms with Gasteiger partial charge in [0.1, 0.15) is 0 Å². The number of nitrogens with one attached hydrogen (secondary N) is 2. The summed E-state index contributed by atoms with van der Waals surface area (Å²) >= 11 is 0. The molecule has 124 valence electrons. The maximum absolute atomic E-state index is 4.67. The normalized spacial score (nSPS) is 13.5. The fraction of sp³-hybridized carbons (Fsp3) is 0.611. The molecule has 1 aromatic carbocycles. The second-order valence-corrected chi connectivity index (χ2v) is 6.31. The average Bonchev–Trinajstić information content (AvgIpc) is 2.49. The van der Waals surface area contributed by atoms with Crippen molar-refractivity contribution in [3.05, 3.63) is 35.9 Å². The van der Waals surface area contributed by atoms with E-state index in [1.165, 1.54) is 12.0 Å². The topological polar surface area (TPSA) is 39.7 Å². The molecule has 0 amide bonds. The van der Waals surface area contributed by atoms with Gasteiger partial charge >= 0.3 is 0 Å². The Balaban J connectivity index is 2.58. The summed E-state index contributed by atoms with van der Waals surface area (Å²) in [5.74, 6) is 1.58. The lowest BCUT2D eigenvalue weighted by Crippen LogP contribution is -2.45. The van der Waals surface area contributed by atoms with E-state index in [9.17, 15) is 0 Å². The lowest BCUT2D eigenvalue weighted by molar-refractivity contribution is 0.254. The highest BCUT2D eigenvalue weighted by Crippen LogP contribution is 2.08. The van der Waals surface area contributed by atoms with Gasteiger partial charge in [-0.15, -0.1) is 0 Å². The minimum atomic E-state index is 0.514. The lowest BCUT2D eigenvalue weighted by Gasteiger charge is -2.27. The van der Waals surface area contributed by atoms with Gasteiger partial charge in [0.2, 0.25) is 0 Å². The minimum Gasteiger partial charge on any atom is -0.357 e. The summed E-state index contributed by atoms with van der Waals surface area (Å²) in [4.78, 5) is 6.96. The summed E-state index contributed by atoms with van der Waals surface area (Å²) < 4.78 is 0. The van der Waals surface area contributed by atoms with Gasteiger partial charge in [-0.3, -0.25) is 0 Å². The van der Waals surface area contributed by atoms with Crippen molar-refractivity contribution in [1.29, 1.82) is 0 Å². The maximum atomic E-state index is 4.67. The molecule has 0 bridgehead atoms. The van der Waals surface area contributed by atoms with Crippen LogP contribution in [0.1, 0.15) is 32.8 Å². The SMILES string of the molecule is CCNC(=NCc1ccccc1)NCC(CC(C)C)N(C)C. The van der Waals surface area contributed by atoms with Gasteiger partial charge < -0.3 is 15.5 Å². The molecule has 0 spiro atoms. The number of benzene rings is 1. The van der Waals surface area contributed by atoms with Crippen LogP contribution in [0.2, 0.25) is 0 Å². The molecule has 4 heteroatoms. The molecule has 2 N–H and O–H groups in total. The van der Waals surface area contributed by atoms with Crippen molar-refractivity contribution in [2.24, 2.45) is 10.9 Å². The predicted molar refractivity (Wildman–Crippen MR) is 96.2 cm³/mol. The van der Waals surface area contributed by atoms with Gasteiger partial charge in [0.05, 0.1) is 6.54 Å². The van der Waals surface area contributed by atoms with E-state index < -0.39 is 0 Å². The molecule has 0 aliphatic carbocycles. The van der Waals surface area contributed by atoms with Crippen LogP contribution in [0.15, 0.2) is 35.3 Å². The van der Waals surface area contributed by atoms with Crippen LogP contribution in [0.25, 0.3) is 0 Å². The number of aliphatic imine (C=N–C) groups is 1. The number of rotatable bonds is 8. The van der Waals surface area contributed by atoms with Crippen molar-refractivity contribution in [2.75, 3.05) is 27.2 Å². The Morgan fingerprint density at radius 2 is 1.82 bits per heavy atom. The summed E-state index contributed by atoms with van der Waals surface area (Å²) in [6.07, 6.45) is 1.18. The van der Waals surface area contributed by atoms with Crippen LogP contribution in [0.3, 0.4) is 0 Å². The quantitative estimate of drug-likeness (QED) is 0.573. The van der Waals surface area contributed by atoms with Crippen LogP contribution >= 0.6 is 0 Å². The summed E-state index contributed by atoms with van der Waals surface area (Å²) in [6, 6.07) is 10.9. The van der Waals surface area contributed by atoms with Crippen LogP contribution in [0.5, 0.6) is 0 Å². The Morgan fingerprint density at radius 3 is 2.36 bits per heavy atom. The van der Waals surface area contributed by atoms with Gasteiger partial charge in [0.15, 0.2) is 5.96 Å². The molecule has 0 aliphatic rings. The van der Waals surface area contributed by atoms with E-state index >= 15 is 0 Å². The molecule has 1 aromatic rings. The molecule has 1 rings (SSSR count). The van der Waals surface area contributed by atoms with Gasteiger partial charge in [-0.25, -0.2) is 4.99 Å². The highest BCUT2D eigenvalue weighted by molar-refractivity contribution is 5.79. The first-order valence-electron chi connectivity index (χ1n) is 8.25. The zero-order valence-electron chi connectivity index (χ0n) is 14.8. The number of hydrogen-bond acceptors (Lipinski definition) is 2. The largest absolute Gasteiger partial charge is 0.357 e. The molecule has 1 unspecified atom stereocenters. The molecule has 22 heavy (non-hydrogen) atoms. The third-order valence-electron chi connectivity index (χ3n) is 3.59. The molecule has 0 radical (unpaired) electrons. The molecular formula is C18H32N4. The monoisotopic (exact) mass is 304 g/mol. The second-order valence-electron chi connectivity index (χ2n) is 6.31. The van der Waals surface area contributed by atoms with Crippen molar-refractivity contribution in [2.45, 2.75) is 39.8 Å². The zero-order valence-corrected chi connectivity index (χ0v) is 14.8. The predicted octanol–water partition coefficient (Wildman–Crippen LogP) is 2.72. The molecule has 0 saturated carbocycles. The molecule has 4 nitrogen and oxygen atoms in total. The molecule has 1 atom stereocenters. The smallest absolute Gasteiger partial charge is 0.191 e. The number of nitrogens with zero attached hydrogens (tertiary/aromatic N) is 2. The standard InChI is InChI=1S/C18H32N4/c1-6-19-18(20-13-16-10-8-7-9-11-16)21-14-17(22(4)5)12-15(2)3/h7-11,15,17H,6,12-14H2,1-5H3,(H2,19,20,21). The third-order valence-corrected chi connectivity index (χ3v) is 3.59. The lowest BCUT2D eigenvalue weighted by atomic mass is 10.0. The number of hydrogen-bond donors (Lipinski definition) is 2. The molecule has 0 aromatic heterocycles. The Kier molecular flexibility index (Phi) is 8.60. The first-order chi connectivity index (χ1) is 10.5. The Morgan fingerprint density at radius 1 is 1.14 bits per heavy atom. The van der Waals surface area contributed by atoms with Crippen molar-refractivity contribution < 1.29 is 0 Å². The Labute approximate surface area is 136 Å². The van der Waals surface area contributed by atoms with Gasteiger partial charge in [0, 0.05) is 19.1 Å². The van der Waals surface area contributed by atoms with E-state index in [1.807, 2.05) is 6.07 Å². The molecule has 0 fully saturated rings. The first kappa shape index (κ1) is 18.5. The summed E-state index contributed by atoms with van der Waals surface area (Å²) in [5.41, 5.74) is 1.23. The average molecular weight is 304 g/mol. The van der Waals surface area contributed by atoms with Crippen LogP contribution in [-0.2, 0) is 6.54 Å². The fourth-order valence-electron chi connectivity index (χ4n) is 2.33. The molecule has 0 saturated heterocycles. The maximum Gasteiger partial charge on any atom is 0.191 e. The molecule has 0 aliphatic heterocycles. The van der Waals surface area contributed by atoms with E-state index in [0.717, 1.165) is 19.0 Å². The van der Waals surface area contributed by atoms with Gasteiger partial charge in [0.25, 0.3) is 0 Å². The van der Waals surface area contributed by atoms with Crippen molar-refractivity contribution in [3.63, 3.8) is 0 Å². The summed E-state index contributed by atoms with van der Waals surface area (Å²) in [7, 11) is 4.28. The Hall–Kier alpha value is -1.55. The zero-order chi connectivity index (χ0) is 16.4. The summed E-state index contributed by atoms with van der Waals surface area (Å²) in [6.45, 7) is 9.11. The van der Waals surface area contributed by atoms with Gasteiger partial charge in [-0.1, -0.05) is 44.2 Å². The van der Waals surface area contributed by atoms with E-state index in [4.69, 9.17) is 0 Å². The first-order valence-corrected chi connectivity index (χ1v) is 8.25. The Bertz CT molecular complexity index is 426. The minimum absolute atomic E-state index is 0.514. The van der Waals surface area contributed by atoms with E-state index in [2.05, 4.69) is 79.7 Å². The second kappa shape index (κ2) is 10.2. The highest BCUT2D eigenvalue weighted by atomic mass is 15.2. The van der Waals surface area contributed by atoms with Crippen LogP contribution in [0, 0.1) is 5.92 Å². The molecule has 0 heterocycles. The van der Waals surface area contributed by atoms with Crippen LogP contribution in [-0.4, -0.2) is 44.1 Å². The summed E-state index contributed by atoms with van der Waals surface area (Å²) in [5, 5.41) is 6.80. The highest BCUT2D eigenvalue weighted by Gasteiger charge is 2.13. The van der Waals surface area contributed by atoms with E-state index in [1.54, 1.807) is 0 Å². The van der Waals surface area contributed by atoms with Crippen LogP contribution < -0.4 is 10.6 Å². The van der Waals surface area contributed by atoms with Crippen LogP contribution in [0.4, 0.5) is 0 Å². The molecular weight excluding hydrogens is 272 g/mol. The van der Waals surface area contributed by atoms with E-state index in [-0.39, 0.29) is 0 Å². The van der Waals surface area contributed by atoms with Crippen molar-refractivity contribution in [1.82, 2.24) is 15.5 Å². The fourth-order valence-corrected chi connectivity index (χ4v) is 2.33. The number of likely N-dealkylation sites (N-methyl/N-ethyl adjacent to an activating group) is 1. The third kappa shape index (κ3) is 7.46. The van der Waals surface area contributed by atoms with Crippen molar-refractivity contribution in [3.8, 4) is 0 Å². The van der Waals surface area contributed by atoms with E-state index in [0.29, 0.717) is 18.5 Å². The van der Waals surface area contributed by atoms with Crippen molar-refractivity contribution >= 4 is 5.96 Å². The van der Waals surface area contributed by atoms with Gasteiger partial charge in [-0.2, -0.15) is 0 Å². The van der Waals surface area contributed by atoms with Gasteiger partial charge in [-0.05, 0) is 38.9 Å². The number of guanidine groups is 1.